The smallest absolute Gasteiger partial charge is 0.242 e. The third-order valence-corrected chi connectivity index (χ3v) is 7.03. The molecule has 0 spiro atoms. The second-order valence-corrected chi connectivity index (χ2v) is 8.41. The number of hydrogen-bond acceptors (Lipinski definition) is 3. The molecule has 0 aliphatic carbocycles. The highest BCUT2D eigenvalue weighted by Gasteiger charge is 2.29. The van der Waals surface area contributed by atoms with Crippen molar-refractivity contribution in [3.05, 3.63) is 21.9 Å². The Kier molecular flexibility index (Phi) is 6.57. The van der Waals surface area contributed by atoms with Crippen molar-refractivity contribution in [1.29, 1.82) is 0 Å². The topological polar surface area (TPSA) is 47.9 Å². The Bertz CT molecular complexity index is 638. The Morgan fingerprint density at radius 3 is 2.88 bits per heavy atom. The first-order valence-electron chi connectivity index (χ1n) is 9.94. The molecule has 0 bridgehead atoms. The number of amides is 1. The van der Waals surface area contributed by atoms with Crippen LogP contribution in [0.4, 0.5) is 0 Å². The number of likely N-dealkylation sites (tertiary alicyclic amines) is 1. The average Bonchev–Trinajstić information content (AvgIpc) is 3.32. The minimum atomic E-state index is 0.165. The van der Waals surface area contributed by atoms with E-state index in [0.29, 0.717) is 6.54 Å². The van der Waals surface area contributed by atoms with Gasteiger partial charge in [0.1, 0.15) is 0 Å². The summed E-state index contributed by atoms with van der Waals surface area (Å²) in [5, 5.41) is 5.44. The molecule has 1 saturated heterocycles. The van der Waals surface area contributed by atoms with Gasteiger partial charge in [0, 0.05) is 38.1 Å². The quantitative estimate of drug-likeness (QED) is 0.635. The number of nitrogens with one attached hydrogen (secondary N) is 1. The van der Waals surface area contributed by atoms with Gasteiger partial charge in [-0.2, -0.15) is 0 Å². The molecule has 0 aromatic carbocycles. The maximum Gasteiger partial charge on any atom is 0.242 e. The fourth-order valence-corrected chi connectivity index (χ4v) is 5.27. The highest BCUT2D eigenvalue weighted by Crippen LogP contribution is 2.28. The molecule has 1 atom stereocenters. The summed E-state index contributed by atoms with van der Waals surface area (Å²) in [5.74, 6) is 2.59. The van der Waals surface area contributed by atoms with Crippen molar-refractivity contribution in [1.82, 2.24) is 15.1 Å². The van der Waals surface area contributed by atoms with Gasteiger partial charge >= 0.3 is 0 Å². The van der Waals surface area contributed by atoms with Crippen LogP contribution in [0.25, 0.3) is 0 Å². The first kappa shape index (κ1) is 19.2. The highest BCUT2D eigenvalue weighted by molar-refractivity contribution is 7.10. The number of thiophene rings is 1. The van der Waals surface area contributed by atoms with Crippen molar-refractivity contribution in [2.24, 2.45) is 16.8 Å². The summed E-state index contributed by atoms with van der Waals surface area (Å²) in [6.45, 7) is 8.59. The van der Waals surface area contributed by atoms with E-state index in [4.69, 9.17) is 0 Å². The lowest BCUT2D eigenvalue weighted by Crippen LogP contribution is -2.46. The molecule has 26 heavy (non-hydrogen) atoms. The normalized spacial score (nSPS) is 20.6. The zero-order chi connectivity index (χ0) is 18.5. The largest absolute Gasteiger partial charge is 0.347 e. The minimum absolute atomic E-state index is 0.165. The van der Waals surface area contributed by atoms with E-state index in [-0.39, 0.29) is 5.91 Å². The summed E-state index contributed by atoms with van der Waals surface area (Å²) in [6.07, 6.45) is 4.71. The first-order valence-corrected chi connectivity index (χ1v) is 10.8. The molecule has 3 rings (SSSR count). The summed E-state index contributed by atoms with van der Waals surface area (Å²) < 4.78 is 0. The number of hydrogen-bond donors (Lipinski definition) is 1. The van der Waals surface area contributed by atoms with Gasteiger partial charge in [0.25, 0.3) is 0 Å². The maximum atomic E-state index is 12.6. The molecular formula is C20H32N4OS. The van der Waals surface area contributed by atoms with Crippen LogP contribution in [0.5, 0.6) is 0 Å². The van der Waals surface area contributed by atoms with Gasteiger partial charge in [-0.05, 0) is 41.7 Å². The lowest BCUT2D eigenvalue weighted by atomic mass is 9.87. The summed E-state index contributed by atoms with van der Waals surface area (Å²) in [5.41, 5.74) is 1.31. The van der Waals surface area contributed by atoms with E-state index in [1.54, 1.807) is 11.3 Å². The molecule has 5 nitrogen and oxygen atoms in total. The number of rotatable bonds is 5. The molecule has 6 heteroatoms. The van der Waals surface area contributed by atoms with Gasteiger partial charge in [0.2, 0.25) is 5.91 Å². The highest BCUT2D eigenvalue weighted by atomic mass is 32.1. The van der Waals surface area contributed by atoms with Gasteiger partial charge < -0.3 is 15.1 Å². The standard InChI is InChI=1S/C20H32N4OS/c1-4-15(5-2)16-6-9-24(13-16)20(21-3)22-12-19(25)23-10-7-18-17(14-23)8-11-26-18/h8,11,15-16H,4-7,9-10,12-14H2,1-3H3,(H,21,22). The van der Waals surface area contributed by atoms with Crippen molar-refractivity contribution < 1.29 is 4.79 Å². The van der Waals surface area contributed by atoms with Gasteiger partial charge in [-0.3, -0.25) is 9.79 Å². The Morgan fingerprint density at radius 1 is 1.35 bits per heavy atom. The van der Waals surface area contributed by atoms with E-state index in [9.17, 15) is 4.79 Å². The SMILES string of the molecule is CCC(CC)C1CCN(C(=NC)NCC(=O)N2CCc3sccc3C2)C1. The number of aliphatic imine (C=N–C) groups is 1. The summed E-state index contributed by atoms with van der Waals surface area (Å²) >= 11 is 1.80. The predicted octanol–water partition coefficient (Wildman–Crippen LogP) is 2.97. The Labute approximate surface area is 161 Å². The molecule has 1 N–H and O–H groups in total. The monoisotopic (exact) mass is 376 g/mol. The van der Waals surface area contributed by atoms with Crippen molar-refractivity contribution in [2.75, 3.05) is 33.2 Å². The van der Waals surface area contributed by atoms with Crippen molar-refractivity contribution in [2.45, 2.75) is 46.1 Å². The van der Waals surface area contributed by atoms with Gasteiger partial charge in [-0.15, -0.1) is 11.3 Å². The molecule has 144 valence electrons. The molecule has 2 aliphatic rings. The molecule has 1 aromatic heterocycles. The lowest BCUT2D eigenvalue weighted by Gasteiger charge is -2.28. The predicted molar refractivity (Wildman–Crippen MR) is 109 cm³/mol. The number of guanidine groups is 1. The second-order valence-electron chi connectivity index (χ2n) is 7.41. The Hall–Kier alpha value is -1.56. The molecule has 1 fully saturated rings. The summed E-state index contributed by atoms with van der Waals surface area (Å²) in [7, 11) is 1.82. The molecule has 2 aliphatic heterocycles. The zero-order valence-corrected chi connectivity index (χ0v) is 17.1. The van der Waals surface area contributed by atoms with Gasteiger partial charge in [0.15, 0.2) is 5.96 Å². The Morgan fingerprint density at radius 2 is 2.15 bits per heavy atom. The fourth-order valence-electron chi connectivity index (χ4n) is 4.38. The van der Waals surface area contributed by atoms with Gasteiger partial charge in [0.05, 0.1) is 6.54 Å². The van der Waals surface area contributed by atoms with Crippen molar-refractivity contribution in [3.63, 3.8) is 0 Å². The maximum absolute atomic E-state index is 12.6. The van der Waals surface area contributed by atoms with E-state index >= 15 is 0 Å². The van der Waals surface area contributed by atoms with Gasteiger partial charge in [-0.1, -0.05) is 26.7 Å². The molecule has 1 amide bonds. The van der Waals surface area contributed by atoms with Crippen LogP contribution in [0.1, 0.15) is 43.6 Å². The molecule has 0 radical (unpaired) electrons. The van der Waals surface area contributed by atoms with E-state index < -0.39 is 0 Å². The zero-order valence-electron chi connectivity index (χ0n) is 16.3. The second kappa shape index (κ2) is 8.89. The molecule has 3 heterocycles. The van der Waals surface area contributed by atoms with Crippen LogP contribution < -0.4 is 5.32 Å². The van der Waals surface area contributed by atoms with Crippen LogP contribution in [-0.4, -0.2) is 54.9 Å². The van der Waals surface area contributed by atoms with Crippen molar-refractivity contribution >= 4 is 23.2 Å². The number of fused-ring (bicyclic) bond motifs is 1. The van der Waals surface area contributed by atoms with Crippen LogP contribution in [0.15, 0.2) is 16.4 Å². The van der Waals surface area contributed by atoms with Crippen LogP contribution in [0.3, 0.4) is 0 Å². The molecule has 1 unspecified atom stereocenters. The lowest BCUT2D eigenvalue weighted by molar-refractivity contribution is -0.130. The van der Waals surface area contributed by atoms with E-state index in [1.807, 2.05) is 11.9 Å². The average molecular weight is 377 g/mol. The molecule has 0 saturated carbocycles. The molecule has 1 aromatic rings. The van der Waals surface area contributed by atoms with E-state index in [1.165, 1.54) is 29.7 Å². The van der Waals surface area contributed by atoms with Crippen LogP contribution >= 0.6 is 11.3 Å². The number of carbonyl (C=O) groups excluding carboxylic acids is 1. The third-order valence-electron chi connectivity index (χ3n) is 6.01. The van der Waals surface area contributed by atoms with Crippen molar-refractivity contribution in [3.8, 4) is 0 Å². The minimum Gasteiger partial charge on any atom is -0.347 e. The van der Waals surface area contributed by atoms with Crippen LogP contribution in [-0.2, 0) is 17.8 Å². The van der Waals surface area contributed by atoms with E-state index in [2.05, 4.69) is 40.5 Å². The van der Waals surface area contributed by atoms with Gasteiger partial charge in [-0.25, -0.2) is 0 Å². The van der Waals surface area contributed by atoms with Crippen LogP contribution in [0, 0.1) is 11.8 Å². The molecular weight excluding hydrogens is 344 g/mol. The fraction of sp³-hybridized carbons (Fsp3) is 0.700. The third kappa shape index (κ3) is 4.22. The van der Waals surface area contributed by atoms with E-state index in [0.717, 1.165) is 50.4 Å². The Balaban J connectivity index is 1.50. The first-order chi connectivity index (χ1) is 12.7. The summed E-state index contributed by atoms with van der Waals surface area (Å²) in [4.78, 5) is 22.8. The number of nitrogens with zero attached hydrogens (tertiary/aromatic N) is 3. The summed E-state index contributed by atoms with van der Waals surface area (Å²) in [6, 6.07) is 2.15. The van der Waals surface area contributed by atoms with Crippen LogP contribution in [0.2, 0.25) is 0 Å². The number of carbonyl (C=O) groups is 1.